The van der Waals surface area contributed by atoms with E-state index in [1.165, 1.54) is 0 Å². The monoisotopic (exact) mass is 241 g/mol. The summed E-state index contributed by atoms with van der Waals surface area (Å²) in [6, 6.07) is 0. The summed E-state index contributed by atoms with van der Waals surface area (Å²) in [5.41, 5.74) is 5.18. The van der Waals surface area contributed by atoms with Gasteiger partial charge in [-0.05, 0) is 24.9 Å². The smallest absolute Gasteiger partial charge is 0.237 e. The first kappa shape index (κ1) is 14.0. The van der Waals surface area contributed by atoms with Crippen LogP contribution in [0, 0.1) is 17.8 Å². The Bertz CT molecular complexity index is 287. The Morgan fingerprint density at radius 2 is 1.94 bits per heavy atom. The summed E-state index contributed by atoms with van der Waals surface area (Å²) in [5.74, 6) is 0.298. The highest BCUT2D eigenvalue weighted by Crippen LogP contribution is 2.19. The largest absolute Gasteiger partial charge is 0.368 e. The van der Waals surface area contributed by atoms with Crippen LogP contribution in [-0.2, 0) is 9.59 Å². The van der Waals surface area contributed by atoms with Gasteiger partial charge < -0.3 is 16.0 Å². The van der Waals surface area contributed by atoms with Crippen molar-refractivity contribution in [3.8, 4) is 0 Å². The van der Waals surface area contributed by atoms with E-state index in [4.69, 9.17) is 5.73 Å². The molecule has 1 aliphatic rings. The molecule has 1 fully saturated rings. The minimum Gasteiger partial charge on any atom is -0.368 e. The maximum atomic E-state index is 12.2. The van der Waals surface area contributed by atoms with Crippen molar-refractivity contribution in [2.24, 2.45) is 23.5 Å². The van der Waals surface area contributed by atoms with E-state index in [0.29, 0.717) is 18.4 Å². The summed E-state index contributed by atoms with van der Waals surface area (Å²) in [7, 11) is 0. The van der Waals surface area contributed by atoms with Crippen LogP contribution in [0.15, 0.2) is 0 Å². The molecule has 2 amide bonds. The summed E-state index contributed by atoms with van der Waals surface area (Å²) < 4.78 is 0. The van der Waals surface area contributed by atoms with Gasteiger partial charge in [0.15, 0.2) is 0 Å². The van der Waals surface area contributed by atoms with Crippen molar-refractivity contribution >= 4 is 11.8 Å². The van der Waals surface area contributed by atoms with E-state index < -0.39 is 5.91 Å². The van der Waals surface area contributed by atoms with Crippen LogP contribution in [0.25, 0.3) is 0 Å². The molecular formula is C12H23N3O2. The molecule has 0 spiro atoms. The Morgan fingerprint density at radius 3 is 2.29 bits per heavy atom. The predicted octanol–water partition coefficient (Wildman–Crippen LogP) is -0.188. The van der Waals surface area contributed by atoms with Gasteiger partial charge in [-0.2, -0.15) is 0 Å². The molecule has 1 unspecified atom stereocenters. The summed E-state index contributed by atoms with van der Waals surface area (Å²) in [4.78, 5) is 24.8. The highest BCUT2D eigenvalue weighted by molar-refractivity contribution is 5.85. The van der Waals surface area contributed by atoms with Crippen LogP contribution in [0.2, 0.25) is 0 Å². The summed E-state index contributed by atoms with van der Waals surface area (Å²) in [6.45, 7) is 8.38. The summed E-state index contributed by atoms with van der Waals surface area (Å²) in [6.07, 6.45) is 0. The molecule has 1 saturated heterocycles. The lowest BCUT2D eigenvalue weighted by atomic mass is 9.87. The Kier molecular flexibility index (Phi) is 4.93. The maximum absolute atomic E-state index is 12.2. The molecule has 5 nitrogen and oxygen atoms in total. The molecule has 98 valence electrons. The van der Waals surface area contributed by atoms with Crippen molar-refractivity contribution in [3.05, 3.63) is 0 Å². The molecule has 0 bridgehead atoms. The van der Waals surface area contributed by atoms with Crippen LogP contribution in [0.3, 0.4) is 0 Å². The van der Waals surface area contributed by atoms with Gasteiger partial charge in [-0.3, -0.25) is 9.59 Å². The molecule has 0 aromatic carbocycles. The van der Waals surface area contributed by atoms with Gasteiger partial charge in [0.25, 0.3) is 0 Å². The second-order valence-corrected chi connectivity index (χ2v) is 5.29. The number of carbonyl (C=O) groups is 2. The Balaban J connectivity index is 2.59. The third-order valence-electron chi connectivity index (χ3n) is 3.15. The lowest BCUT2D eigenvalue weighted by Gasteiger charge is -2.35. The topological polar surface area (TPSA) is 75.4 Å². The second kappa shape index (κ2) is 6.00. The van der Waals surface area contributed by atoms with E-state index in [-0.39, 0.29) is 18.4 Å². The molecule has 1 heterocycles. The molecule has 1 atom stereocenters. The normalized spacial score (nSPS) is 17.6. The van der Waals surface area contributed by atoms with Crippen LogP contribution in [-0.4, -0.2) is 42.9 Å². The fourth-order valence-electron chi connectivity index (χ4n) is 2.02. The number of carbonyl (C=O) groups excluding carboxylic acids is 2. The van der Waals surface area contributed by atoms with Crippen molar-refractivity contribution in [2.75, 3.05) is 26.2 Å². The van der Waals surface area contributed by atoms with E-state index in [0.717, 1.165) is 13.1 Å². The van der Waals surface area contributed by atoms with Crippen LogP contribution < -0.4 is 11.1 Å². The number of rotatable bonds is 6. The predicted molar refractivity (Wildman–Crippen MR) is 66.1 cm³/mol. The maximum Gasteiger partial charge on any atom is 0.237 e. The van der Waals surface area contributed by atoms with E-state index in [2.05, 4.69) is 5.32 Å². The third kappa shape index (κ3) is 4.00. The molecule has 17 heavy (non-hydrogen) atoms. The fraction of sp³-hybridized carbons (Fsp3) is 0.833. The van der Waals surface area contributed by atoms with Gasteiger partial charge in [0.05, 0.1) is 6.54 Å². The first-order valence-corrected chi connectivity index (χ1v) is 6.19. The number of amides is 2. The zero-order valence-electron chi connectivity index (χ0n) is 10.9. The van der Waals surface area contributed by atoms with Gasteiger partial charge in [0.2, 0.25) is 11.8 Å². The lowest BCUT2D eigenvalue weighted by molar-refractivity contribution is -0.140. The van der Waals surface area contributed by atoms with Gasteiger partial charge in [0, 0.05) is 12.5 Å². The van der Waals surface area contributed by atoms with Crippen LogP contribution >= 0.6 is 0 Å². The zero-order chi connectivity index (χ0) is 13.0. The van der Waals surface area contributed by atoms with Crippen molar-refractivity contribution in [1.29, 1.82) is 0 Å². The minimum absolute atomic E-state index is 0.0293. The molecule has 0 radical (unpaired) electrons. The average molecular weight is 241 g/mol. The highest BCUT2D eigenvalue weighted by Gasteiger charge is 2.32. The number of hydrogen-bond donors (Lipinski definition) is 2. The number of nitrogens with two attached hydrogens (primary N) is 1. The molecule has 0 aliphatic carbocycles. The fourth-order valence-corrected chi connectivity index (χ4v) is 2.02. The summed E-state index contributed by atoms with van der Waals surface area (Å²) >= 11 is 0. The average Bonchev–Trinajstić information content (AvgIpc) is 2.11. The number of nitrogens with one attached hydrogen (secondary N) is 1. The van der Waals surface area contributed by atoms with Gasteiger partial charge in [-0.1, -0.05) is 20.8 Å². The van der Waals surface area contributed by atoms with Gasteiger partial charge >= 0.3 is 0 Å². The number of primary amides is 1. The number of hydrogen-bond acceptors (Lipinski definition) is 3. The molecule has 3 N–H and O–H groups in total. The van der Waals surface area contributed by atoms with Crippen molar-refractivity contribution in [2.45, 2.75) is 20.8 Å². The zero-order valence-corrected chi connectivity index (χ0v) is 10.9. The van der Waals surface area contributed by atoms with Crippen LogP contribution in [0.1, 0.15) is 20.8 Å². The van der Waals surface area contributed by atoms with Gasteiger partial charge in [-0.25, -0.2) is 0 Å². The van der Waals surface area contributed by atoms with Crippen LogP contribution in [0.4, 0.5) is 0 Å². The molecule has 0 saturated carbocycles. The molecule has 1 aliphatic heterocycles. The summed E-state index contributed by atoms with van der Waals surface area (Å²) in [5, 5.41) is 3.16. The van der Waals surface area contributed by atoms with Gasteiger partial charge in [-0.15, -0.1) is 0 Å². The Hall–Kier alpha value is -1.10. The molecular weight excluding hydrogens is 218 g/mol. The van der Waals surface area contributed by atoms with Crippen LogP contribution in [0.5, 0.6) is 0 Å². The third-order valence-corrected chi connectivity index (χ3v) is 3.15. The molecule has 0 aromatic heterocycles. The lowest BCUT2D eigenvalue weighted by Crippen LogP contribution is -2.52. The van der Waals surface area contributed by atoms with E-state index in [9.17, 15) is 9.59 Å². The molecule has 0 aromatic rings. The van der Waals surface area contributed by atoms with E-state index in [1.54, 1.807) is 4.90 Å². The first-order chi connectivity index (χ1) is 7.91. The number of nitrogens with zero attached hydrogens (tertiary/aromatic N) is 1. The minimum atomic E-state index is -0.446. The van der Waals surface area contributed by atoms with Crippen molar-refractivity contribution in [3.63, 3.8) is 0 Å². The molecule has 5 heteroatoms. The first-order valence-electron chi connectivity index (χ1n) is 6.19. The van der Waals surface area contributed by atoms with Crippen molar-refractivity contribution < 1.29 is 9.59 Å². The SMILES string of the molecule is CC(C)CN(CC(N)=O)C(=O)C(C)C1CNC1. The Morgan fingerprint density at radius 1 is 1.35 bits per heavy atom. The van der Waals surface area contributed by atoms with E-state index >= 15 is 0 Å². The highest BCUT2D eigenvalue weighted by atomic mass is 16.2. The van der Waals surface area contributed by atoms with Gasteiger partial charge in [0.1, 0.15) is 0 Å². The van der Waals surface area contributed by atoms with Crippen molar-refractivity contribution in [1.82, 2.24) is 10.2 Å². The molecule has 1 rings (SSSR count). The standard InChI is InChI=1S/C12H23N3O2/c1-8(2)6-15(7-11(13)16)12(17)9(3)10-4-14-5-10/h8-10,14H,4-7H2,1-3H3,(H2,13,16). The Labute approximate surface area is 103 Å². The van der Waals surface area contributed by atoms with E-state index in [1.807, 2.05) is 20.8 Å². The quantitative estimate of drug-likeness (QED) is 0.677. The second-order valence-electron chi connectivity index (χ2n) is 5.29.